The summed E-state index contributed by atoms with van der Waals surface area (Å²) >= 11 is 0. The van der Waals surface area contributed by atoms with Crippen LogP contribution in [0.2, 0.25) is 0 Å². The second-order valence-corrected chi connectivity index (χ2v) is 11.1. The molecule has 0 aromatic heterocycles. The molecule has 0 saturated carbocycles. The summed E-state index contributed by atoms with van der Waals surface area (Å²) < 4.78 is 5.83. The fraction of sp³-hybridized carbons (Fsp3) is 1.00. The van der Waals surface area contributed by atoms with E-state index in [1.807, 2.05) is 0 Å². The van der Waals surface area contributed by atoms with E-state index in [4.69, 9.17) is 20.1 Å². The van der Waals surface area contributed by atoms with Crippen molar-refractivity contribution in [2.24, 2.45) is 0 Å². The van der Waals surface area contributed by atoms with Crippen molar-refractivity contribution in [3.05, 3.63) is 0 Å². The molecule has 226 valence electrons. The molecule has 0 unspecified atom stereocenters. The van der Waals surface area contributed by atoms with Gasteiger partial charge >= 0.3 is 0 Å². The van der Waals surface area contributed by atoms with Gasteiger partial charge in [0.25, 0.3) is 0 Å². The first kappa shape index (κ1) is 39.0. The van der Waals surface area contributed by atoms with Crippen LogP contribution in [0.4, 0.5) is 0 Å². The molecule has 0 spiro atoms. The van der Waals surface area contributed by atoms with Gasteiger partial charge in [0.2, 0.25) is 0 Å². The molecule has 0 fully saturated rings. The highest BCUT2D eigenvalue weighted by atomic mass is 16.5. The lowest BCUT2D eigenvalue weighted by atomic mass is 10.0. The van der Waals surface area contributed by atoms with Crippen LogP contribution in [0.5, 0.6) is 0 Å². The highest BCUT2D eigenvalue weighted by Gasteiger charge is 1.96. The summed E-state index contributed by atoms with van der Waals surface area (Å²) in [6.07, 6.45) is 36.1. The Kier molecular flexibility index (Phi) is 40.0. The summed E-state index contributed by atoms with van der Waals surface area (Å²) in [5.41, 5.74) is 0. The standard InChI is InChI=1S/C30H62O.C3H8O3/c1-3-5-7-9-11-13-15-17-19-21-23-25-27-29-31-30-28-26-24-22-20-18-16-14-12-10-8-6-4-2;4-1-3(6)2-5/h3-30H2,1-2H3;3-6H,1-2H2. The molecular weight excluding hydrogens is 460 g/mol. The van der Waals surface area contributed by atoms with E-state index in [1.54, 1.807) is 0 Å². The second-order valence-electron chi connectivity index (χ2n) is 11.1. The molecule has 0 aromatic carbocycles. The van der Waals surface area contributed by atoms with Gasteiger partial charge in [-0.2, -0.15) is 0 Å². The topological polar surface area (TPSA) is 69.9 Å². The Hall–Kier alpha value is -0.160. The molecule has 0 saturated heterocycles. The van der Waals surface area contributed by atoms with E-state index in [1.165, 1.54) is 167 Å². The van der Waals surface area contributed by atoms with E-state index in [0.29, 0.717) is 0 Å². The van der Waals surface area contributed by atoms with Crippen LogP contribution < -0.4 is 0 Å². The average molecular weight is 531 g/mol. The van der Waals surface area contributed by atoms with Gasteiger partial charge in [-0.3, -0.25) is 0 Å². The zero-order valence-corrected chi connectivity index (χ0v) is 25.5. The van der Waals surface area contributed by atoms with E-state index in [2.05, 4.69) is 13.8 Å². The number of rotatable bonds is 30. The number of unbranched alkanes of at least 4 members (excludes halogenated alkanes) is 24. The van der Waals surface area contributed by atoms with E-state index in [0.717, 1.165) is 13.2 Å². The summed E-state index contributed by atoms with van der Waals surface area (Å²) in [4.78, 5) is 0. The summed E-state index contributed by atoms with van der Waals surface area (Å²) in [5.74, 6) is 0. The van der Waals surface area contributed by atoms with Gasteiger partial charge in [0.15, 0.2) is 0 Å². The fourth-order valence-electron chi connectivity index (χ4n) is 4.60. The van der Waals surface area contributed by atoms with Crippen LogP contribution in [-0.4, -0.2) is 47.9 Å². The normalized spacial score (nSPS) is 11.2. The Morgan fingerprint density at radius 2 is 0.595 bits per heavy atom. The first-order valence-electron chi connectivity index (χ1n) is 16.7. The van der Waals surface area contributed by atoms with Gasteiger partial charge in [0, 0.05) is 13.2 Å². The number of hydrogen-bond donors (Lipinski definition) is 3. The molecule has 0 radical (unpaired) electrons. The minimum absolute atomic E-state index is 0.365. The third-order valence-electron chi connectivity index (χ3n) is 7.21. The van der Waals surface area contributed by atoms with Gasteiger partial charge in [-0.1, -0.05) is 168 Å². The molecule has 0 aliphatic rings. The minimum atomic E-state index is -0.954. The molecule has 0 bridgehead atoms. The third kappa shape index (κ3) is 40.5. The third-order valence-corrected chi connectivity index (χ3v) is 7.21. The largest absolute Gasteiger partial charge is 0.394 e. The van der Waals surface area contributed by atoms with Crippen molar-refractivity contribution >= 4 is 0 Å². The van der Waals surface area contributed by atoms with Crippen molar-refractivity contribution in [1.82, 2.24) is 0 Å². The molecule has 0 amide bonds. The second kappa shape index (κ2) is 38.0. The van der Waals surface area contributed by atoms with Crippen LogP contribution in [0.15, 0.2) is 0 Å². The molecule has 0 heterocycles. The Morgan fingerprint density at radius 3 is 0.784 bits per heavy atom. The molecule has 0 aliphatic carbocycles. The average Bonchev–Trinajstić information content (AvgIpc) is 2.92. The van der Waals surface area contributed by atoms with Gasteiger partial charge in [0.05, 0.1) is 13.2 Å². The Morgan fingerprint density at radius 1 is 0.378 bits per heavy atom. The first-order chi connectivity index (χ1) is 18.2. The summed E-state index contributed by atoms with van der Waals surface area (Å²) in [6.45, 7) is 5.86. The highest BCUT2D eigenvalue weighted by Crippen LogP contribution is 2.14. The molecular formula is C33H70O4. The molecule has 4 nitrogen and oxygen atoms in total. The number of aliphatic hydroxyl groups is 3. The maximum absolute atomic E-state index is 8.17. The lowest BCUT2D eigenvalue weighted by Crippen LogP contribution is -2.15. The lowest BCUT2D eigenvalue weighted by molar-refractivity contribution is 0.0450. The summed E-state index contributed by atoms with van der Waals surface area (Å²) in [6, 6.07) is 0. The van der Waals surface area contributed by atoms with Crippen molar-refractivity contribution in [3.63, 3.8) is 0 Å². The zero-order valence-electron chi connectivity index (χ0n) is 25.5. The summed E-state index contributed by atoms with van der Waals surface area (Å²) in [5, 5.41) is 24.0. The van der Waals surface area contributed by atoms with Crippen molar-refractivity contribution in [1.29, 1.82) is 0 Å². The molecule has 0 rings (SSSR count). The van der Waals surface area contributed by atoms with Crippen LogP contribution >= 0.6 is 0 Å². The van der Waals surface area contributed by atoms with Crippen molar-refractivity contribution < 1.29 is 20.1 Å². The van der Waals surface area contributed by atoms with Crippen LogP contribution in [0, 0.1) is 0 Å². The SMILES string of the molecule is CCCCCCCCCCCCCCCOCCCCCCCCCCCCCCC.OCC(O)CO. The van der Waals surface area contributed by atoms with Crippen molar-refractivity contribution in [3.8, 4) is 0 Å². The van der Waals surface area contributed by atoms with E-state index >= 15 is 0 Å². The Labute approximate surface area is 233 Å². The molecule has 0 aliphatic heterocycles. The monoisotopic (exact) mass is 531 g/mol. The molecule has 0 aromatic rings. The highest BCUT2D eigenvalue weighted by molar-refractivity contribution is 4.51. The predicted octanol–water partition coefficient (Wildman–Crippen LogP) is 9.52. The van der Waals surface area contributed by atoms with Gasteiger partial charge in [-0.05, 0) is 12.8 Å². The molecule has 37 heavy (non-hydrogen) atoms. The molecule has 4 heteroatoms. The van der Waals surface area contributed by atoms with E-state index in [-0.39, 0.29) is 13.2 Å². The van der Waals surface area contributed by atoms with Crippen molar-refractivity contribution in [2.45, 2.75) is 187 Å². The minimum Gasteiger partial charge on any atom is -0.394 e. The quantitative estimate of drug-likeness (QED) is 0.0809. The van der Waals surface area contributed by atoms with E-state index < -0.39 is 6.10 Å². The molecule has 0 atom stereocenters. The van der Waals surface area contributed by atoms with Crippen LogP contribution in [0.1, 0.15) is 181 Å². The number of aliphatic hydroxyl groups excluding tert-OH is 3. The Bertz CT molecular complexity index is 332. The summed E-state index contributed by atoms with van der Waals surface area (Å²) in [7, 11) is 0. The van der Waals surface area contributed by atoms with Crippen LogP contribution in [-0.2, 0) is 4.74 Å². The van der Waals surface area contributed by atoms with E-state index in [9.17, 15) is 0 Å². The van der Waals surface area contributed by atoms with Crippen LogP contribution in [0.3, 0.4) is 0 Å². The van der Waals surface area contributed by atoms with Gasteiger partial charge < -0.3 is 20.1 Å². The molecule has 3 N–H and O–H groups in total. The first-order valence-corrected chi connectivity index (χ1v) is 16.7. The van der Waals surface area contributed by atoms with Gasteiger partial charge in [-0.25, -0.2) is 0 Å². The maximum Gasteiger partial charge on any atom is 0.100 e. The fourth-order valence-corrected chi connectivity index (χ4v) is 4.60. The lowest BCUT2D eigenvalue weighted by Gasteiger charge is -2.05. The van der Waals surface area contributed by atoms with Gasteiger partial charge in [-0.15, -0.1) is 0 Å². The maximum atomic E-state index is 8.17. The zero-order chi connectivity index (χ0) is 27.5. The smallest absolute Gasteiger partial charge is 0.100 e. The predicted molar refractivity (Wildman–Crippen MR) is 162 cm³/mol. The number of ether oxygens (including phenoxy) is 1. The van der Waals surface area contributed by atoms with Crippen molar-refractivity contribution in [2.75, 3.05) is 26.4 Å². The number of hydrogen-bond acceptors (Lipinski definition) is 4. The Balaban J connectivity index is 0. The van der Waals surface area contributed by atoms with Gasteiger partial charge in [0.1, 0.15) is 6.10 Å². The van der Waals surface area contributed by atoms with Crippen LogP contribution in [0.25, 0.3) is 0 Å².